The highest BCUT2D eigenvalue weighted by Crippen LogP contribution is 2.20. The van der Waals surface area contributed by atoms with Crippen LogP contribution in [0.3, 0.4) is 0 Å². The van der Waals surface area contributed by atoms with Gasteiger partial charge in [-0.05, 0) is 48.2 Å². The third-order valence-corrected chi connectivity index (χ3v) is 3.99. The number of carbonyl (C=O) groups excluding carboxylic acids is 1. The van der Waals surface area contributed by atoms with Crippen molar-refractivity contribution in [3.05, 3.63) is 45.6 Å². The van der Waals surface area contributed by atoms with Crippen LogP contribution in [0.5, 0.6) is 5.75 Å². The molecular formula is C16H20ClN3O2S. The Morgan fingerprint density at radius 2 is 2.17 bits per heavy atom. The smallest absolute Gasteiger partial charge is 0.319 e. The summed E-state index contributed by atoms with van der Waals surface area (Å²) in [7, 11) is 1.62. The van der Waals surface area contributed by atoms with Crippen molar-refractivity contribution >= 4 is 34.7 Å². The lowest BCUT2D eigenvalue weighted by atomic mass is 10.2. The number of amides is 2. The molecule has 0 aliphatic heterocycles. The molecule has 3 N–H and O–H groups in total. The average molecular weight is 354 g/mol. The standard InChI is InChI=1S/C16H20ClN3O2S/c1-22-15-8-12(7-13(17)9-15)10-18-4-2-5-19-16(21)20-14-3-6-23-11-14/h3,6-9,11,18H,2,4-5,10H2,1H3,(H2,19,20,21). The second-order valence-electron chi connectivity index (χ2n) is 4.92. The number of halogens is 1. The van der Waals surface area contributed by atoms with E-state index in [0.717, 1.165) is 30.0 Å². The molecule has 0 aliphatic carbocycles. The molecule has 7 heteroatoms. The Balaban J connectivity index is 1.59. The van der Waals surface area contributed by atoms with E-state index in [1.807, 2.05) is 29.0 Å². The minimum absolute atomic E-state index is 0.178. The van der Waals surface area contributed by atoms with Gasteiger partial charge in [-0.15, -0.1) is 0 Å². The first kappa shape index (κ1) is 17.6. The van der Waals surface area contributed by atoms with E-state index < -0.39 is 0 Å². The van der Waals surface area contributed by atoms with E-state index in [0.29, 0.717) is 18.1 Å². The fourth-order valence-corrected chi connectivity index (χ4v) is 2.84. The van der Waals surface area contributed by atoms with E-state index in [4.69, 9.17) is 16.3 Å². The van der Waals surface area contributed by atoms with Gasteiger partial charge < -0.3 is 20.7 Å². The maximum absolute atomic E-state index is 11.6. The van der Waals surface area contributed by atoms with Gasteiger partial charge in [-0.25, -0.2) is 4.79 Å². The molecule has 0 atom stereocenters. The Morgan fingerprint density at radius 3 is 2.91 bits per heavy atom. The van der Waals surface area contributed by atoms with Gasteiger partial charge in [-0.1, -0.05) is 11.6 Å². The van der Waals surface area contributed by atoms with Crippen LogP contribution in [-0.2, 0) is 6.54 Å². The summed E-state index contributed by atoms with van der Waals surface area (Å²) in [5, 5.41) is 13.4. The summed E-state index contributed by atoms with van der Waals surface area (Å²) >= 11 is 7.57. The quantitative estimate of drug-likeness (QED) is 0.634. The molecule has 0 bridgehead atoms. The van der Waals surface area contributed by atoms with Crippen molar-refractivity contribution < 1.29 is 9.53 Å². The Kier molecular flexibility index (Phi) is 7.19. The SMILES string of the molecule is COc1cc(Cl)cc(CNCCCNC(=O)Nc2ccsc2)c1. The Bertz CT molecular complexity index is 620. The van der Waals surface area contributed by atoms with E-state index in [2.05, 4.69) is 16.0 Å². The minimum atomic E-state index is -0.178. The van der Waals surface area contributed by atoms with Gasteiger partial charge in [0.2, 0.25) is 0 Å². The van der Waals surface area contributed by atoms with Gasteiger partial charge >= 0.3 is 6.03 Å². The fourth-order valence-electron chi connectivity index (χ4n) is 2.00. The van der Waals surface area contributed by atoms with Crippen LogP contribution in [0.2, 0.25) is 5.02 Å². The molecule has 2 amide bonds. The Labute approximate surface area is 145 Å². The molecule has 0 unspecified atom stereocenters. The highest BCUT2D eigenvalue weighted by Gasteiger charge is 2.02. The molecule has 1 aromatic carbocycles. The van der Waals surface area contributed by atoms with E-state index in [1.54, 1.807) is 24.5 Å². The van der Waals surface area contributed by atoms with Crippen LogP contribution in [0.15, 0.2) is 35.0 Å². The van der Waals surface area contributed by atoms with Crippen LogP contribution < -0.4 is 20.7 Å². The zero-order valence-electron chi connectivity index (χ0n) is 12.9. The first-order valence-electron chi connectivity index (χ1n) is 7.28. The van der Waals surface area contributed by atoms with Crippen molar-refractivity contribution in [3.8, 4) is 5.75 Å². The van der Waals surface area contributed by atoms with Crippen molar-refractivity contribution in [2.75, 3.05) is 25.5 Å². The van der Waals surface area contributed by atoms with Crippen LogP contribution in [0.25, 0.3) is 0 Å². The van der Waals surface area contributed by atoms with E-state index in [1.165, 1.54) is 0 Å². The van der Waals surface area contributed by atoms with E-state index in [9.17, 15) is 4.79 Å². The number of anilines is 1. The maximum atomic E-state index is 11.6. The topological polar surface area (TPSA) is 62.4 Å². The summed E-state index contributed by atoms with van der Waals surface area (Å²) < 4.78 is 5.18. The molecule has 1 heterocycles. The van der Waals surface area contributed by atoms with E-state index >= 15 is 0 Å². The third-order valence-electron chi connectivity index (χ3n) is 3.09. The summed E-state index contributed by atoms with van der Waals surface area (Å²) in [5.74, 6) is 0.751. The first-order valence-corrected chi connectivity index (χ1v) is 8.60. The van der Waals surface area contributed by atoms with Gasteiger partial charge in [0.15, 0.2) is 0 Å². The van der Waals surface area contributed by atoms with Gasteiger partial charge in [0.05, 0.1) is 12.8 Å². The molecule has 0 aliphatic rings. The highest BCUT2D eigenvalue weighted by atomic mass is 35.5. The molecule has 0 saturated carbocycles. The lowest BCUT2D eigenvalue weighted by molar-refractivity contribution is 0.252. The van der Waals surface area contributed by atoms with Crippen molar-refractivity contribution in [2.24, 2.45) is 0 Å². The minimum Gasteiger partial charge on any atom is -0.497 e. The Morgan fingerprint density at radius 1 is 1.30 bits per heavy atom. The number of benzene rings is 1. The highest BCUT2D eigenvalue weighted by molar-refractivity contribution is 7.08. The molecule has 2 rings (SSSR count). The number of rotatable bonds is 8. The van der Waals surface area contributed by atoms with E-state index in [-0.39, 0.29) is 6.03 Å². The summed E-state index contributed by atoms with van der Waals surface area (Å²) in [4.78, 5) is 11.6. The first-order chi connectivity index (χ1) is 11.2. The third kappa shape index (κ3) is 6.48. The molecule has 0 spiro atoms. The largest absolute Gasteiger partial charge is 0.497 e. The normalized spacial score (nSPS) is 10.3. The number of ether oxygens (including phenoxy) is 1. The molecular weight excluding hydrogens is 334 g/mol. The predicted molar refractivity (Wildman–Crippen MR) is 95.7 cm³/mol. The van der Waals surface area contributed by atoms with Crippen molar-refractivity contribution in [3.63, 3.8) is 0 Å². The predicted octanol–water partition coefficient (Wildman–Crippen LogP) is 3.71. The maximum Gasteiger partial charge on any atom is 0.319 e. The second-order valence-corrected chi connectivity index (χ2v) is 6.14. The van der Waals surface area contributed by atoms with Crippen molar-refractivity contribution in [2.45, 2.75) is 13.0 Å². The fraction of sp³-hybridized carbons (Fsp3) is 0.312. The van der Waals surface area contributed by atoms with Crippen LogP contribution >= 0.6 is 22.9 Å². The lowest BCUT2D eigenvalue weighted by Crippen LogP contribution is -2.31. The molecule has 23 heavy (non-hydrogen) atoms. The summed E-state index contributed by atoms with van der Waals surface area (Å²) in [6.07, 6.45) is 0.842. The number of hydrogen-bond donors (Lipinski definition) is 3. The van der Waals surface area contributed by atoms with Gasteiger partial charge in [0.25, 0.3) is 0 Å². The molecule has 1 aromatic heterocycles. The number of nitrogens with one attached hydrogen (secondary N) is 3. The second kappa shape index (κ2) is 9.39. The monoisotopic (exact) mass is 353 g/mol. The van der Waals surface area contributed by atoms with Gasteiger partial charge in [-0.3, -0.25) is 0 Å². The zero-order chi connectivity index (χ0) is 16.5. The van der Waals surface area contributed by atoms with Crippen molar-refractivity contribution in [1.29, 1.82) is 0 Å². The lowest BCUT2D eigenvalue weighted by Gasteiger charge is -2.09. The van der Waals surface area contributed by atoms with Crippen molar-refractivity contribution in [1.82, 2.24) is 10.6 Å². The molecule has 5 nitrogen and oxygen atoms in total. The number of methoxy groups -OCH3 is 1. The number of carbonyl (C=O) groups is 1. The summed E-state index contributed by atoms with van der Waals surface area (Å²) in [6.45, 7) is 2.12. The molecule has 0 radical (unpaired) electrons. The van der Waals surface area contributed by atoms with Crippen LogP contribution in [0, 0.1) is 0 Å². The average Bonchev–Trinajstić information content (AvgIpc) is 3.03. The summed E-state index contributed by atoms with van der Waals surface area (Å²) in [5.41, 5.74) is 1.89. The molecule has 0 saturated heterocycles. The van der Waals surface area contributed by atoms with Crippen LogP contribution in [0.4, 0.5) is 10.5 Å². The Hall–Kier alpha value is -1.76. The molecule has 2 aromatic rings. The van der Waals surface area contributed by atoms with Gasteiger partial charge in [0.1, 0.15) is 5.75 Å². The van der Waals surface area contributed by atoms with Gasteiger partial charge in [0, 0.05) is 23.5 Å². The van der Waals surface area contributed by atoms with Crippen LogP contribution in [0.1, 0.15) is 12.0 Å². The molecule has 0 fully saturated rings. The molecule has 124 valence electrons. The van der Waals surface area contributed by atoms with Gasteiger partial charge in [-0.2, -0.15) is 11.3 Å². The summed E-state index contributed by atoms with van der Waals surface area (Å²) in [6, 6.07) is 7.32. The number of thiophene rings is 1. The zero-order valence-corrected chi connectivity index (χ0v) is 14.5. The van der Waals surface area contributed by atoms with Crippen LogP contribution in [-0.4, -0.2) is 26.2 Å². The number of urea groups is 1. The number of hydrogen-bond acceptors (Lipinski definition) is 4.